The third kappa shape index (κ3) is 4.03. The summed E-state index contributed by atoms with van der Waals surface area (Å²) < 4.78 is 32.6. The van der Waals surface area contributed by atoms with Crippen LogP contribution in [0.15, 0.2) is 64.6 Å². The van der Waals surface area contributed by atoms with Crippen LogP contribution in [-0.2, 0) is 19.6 Å². The van der Waals surface area contributed by atoms with E-state index in [1.165, 1.54) is 0 Å². The van der Waals surface area contributed by atoms with Gasteiger partial charge in [0.15, 0.2) is 0 Å². The lowest BCUT2D eigenvalue weighted by atomic mass is 10.00. The summed E-state index contributed by atoms with van der Waals surface area (Å²) in [6, 6.07) is 15.4. The maximum Gasteiger partial charge on any atom is 0.354 e. The molecule has 0 fully saturated rings. The van der Waals surface area contributed by atoms with Crippen LogP contribution in [0, 0.1) is 6.92 Å². The molecule has 0 aliphatic carbocycles. The highest BCUT2D eigenvalue weighted by Gasteiger charge is 2.36. The molecule has 142 valence electrons. The van der Waals surface area contributed by atoms with Crippen molar-refractivity contribution in [1.29, 1.82) is 0 Å². The van der Waals surface area contributed by atoms with E-state index >= 15 is 0 Å². The lowest BCUT2D eigenvalue weighted by molar-refractivity contribution is -0.135. The van der Waals surface area contributed by atoms with Gasteiger partial charge in [0, 0.05) is 6.42 Å². The quantitative estimate of drug-likeness (QED) is 0.738. The summed E-state index contributed by atoms with van der Waals surface area (Å²) >= 11 is 0. The van der Waals surface area contributed by atoms with Crippen LogP contribution in [-0.4, -0.2) is 31.1 Å². The van der Waals surface area contributed by atoms with Crippen molar-refractivity contribution in [3.8, 4) is 0 Å². The molecule has 0 N–H and O–H groups in total. The van der Waals surface area contributed by atoms with E-state index in [1.807, 2.05) is 37.3 Å². The first-order valence-electron chi connectivity index (χ1n) is 8.84. The molecule has 0 aromatic heterocycles. The Kier molecular flexibility index (Phi) is 5.60. The Morgan fingerprint density at radius 2 is 1.81 bits per heavy atom. The second-order valence-corrected chi connectivity index (χ2v) is 8.12. The Morgan fingerprint density at radius 1 is 1.15 bits per heavy atom. The monoisotopic (exact) mass is 386 g/mol. The first-order chi connectivity index (χ1) is 12.9. The first kappa shape index (κ1) is 19.1. The number of rotatable bonds is 5. The van der Waals surface area contributed by atoms with E-state index < -0.39 is 22.0 Å². The number of benzene rings is 2. The van der Waals surface area contributed by atoms with Gasteiger partial charge < -0.3 is 4.74 Å². The van der Waals surface area contributed by atoms with E-state index in [1.54, 1.807) is 31.2 Å². The Balaban J connectivity index is 2.06. The number of esters is 1. The lowest BCUT2D eigenvalue weighted by Gasteiger charge is -2.32. The maximum absolute atomic E-state index is 13.3. The number of aryl methyl sites for hydroxylation is 1. The zero-order valence-corrected chi connectivity index (χ0v) is 16.1. The van der Waals surface area contributed by atoms with E-state index in [4.69, 9.17) is 4.74 Å². The summed E-state index contributed by atoms with van der Waals surface area (Å²) in [5, 5.41) is 4.22. The minimum atomic E-state index is -3.92. The number of ether oxygens (including phenoxy) is 1. The molecule has 7 heteroatoms. The van der Waals surface area contributed by atoms with Crippen molar-refractivity contribution in [2.24, 2.45) is 5.10 Å². The summed E-state index contributed by atoms with van der Waals surface area (Å²) in [6.45, 7) is 3.81. The van der Waals surface area contributed by atoms with Gasteiger partial charge in [0.25, 0.3) is 10.0 Å². The van der Waals surface area contributed by atoms with Crippen LogP contribution in [0.2, 0.25) is 0 Å². The molecule has 3 rings (SSSR count). The van der Waals surface area contributed by atoms with E-state index in [9.17, 15) is 13.2 Å². The predicted octanol–water partition coefficient (Wildman–Crippen LogP) is 3.44. The van der Waals surface area contributed by atoms with Gasteiger partial charge in [-0.05, 0) is 38.0 Å². The van der Waals surface area contributed by atoms with Crippen molar-refractivity contribution in [1.82, 2.24) is 4.41 Å². The molecule has 0 amide bonds. The van der Waals surface area contributed by atoms with Gasteiger partial charge in [-0.1, -0.05) is 48.0 Å². The normalized spacial score (nSPS) is 17.3. The molecule has 0 spiro atoms. The second kappa shape index (κ2) is 7.92. The van der Waals surface area contributed by atoms with Crippen LogP contribution in [0.25, 0.3) is 0 Å². The van der Waals surface area contributed by atoms with Crippen LogP contribution in [0.1, 0.15) is 36.9 Å². The molecule has 0 saturated carbocycles. The van der Waals surface area contributed by atoms with E-state index in [-0.39, 0.29) is 17.2 Å². The smallest absolute Gasteiger partial charge is 0.354 e. The SMILES string of the molecule is CCOC(=O)C1=NN(S(=O)(=O)c2ccc(C)cc2)C(c2ccccc2)CC1. The summed E-state index contributed by atoms with van der Waals surface area (Å²) in [5.74, 6) is -0.576. The highest BCUT2D eigenvalue weighted by molar-refractivity contribution is 7.89. The van der Waals surface area contributed by atoms with Gasteiger partial charge in [-0.2, -0.15) is 17.9 Å². The molecular formula is C20H22N2O4S. The molecule has 1 aliphatic heterocycles. The average Bonchev–Trinajstić information content (AvgIpc) is 2.69. The Labute approximate surface area is 159 Å². The minimum absolute atomic E-state index is 0.125. The molecule has 2 aromatic rings. The zero-order chi connectivity index (χ0) is 19.4. The number of hydrogen-bond acceptors (Lipinski definition) is 5. The number of hydrogen-bond donors (Lipinski definition) is 0. The molecule has 1 unspecified atom stereocenters. The molecular weight excluding hydrogens is 364 g/mol. The number of carbonyl (C=O) groups excluding carboxylic acids is 1. The first-order valence-corrected chi connectivity index (χ1v) is 10.3. The van der Waals surface area contributed by atoms with E-state index in [0.29, 0.717) is 12.8 Å². The van der Waals surface area contributed by atoms with Crippen molar-refractivity contribution in [2.75, 3.05) is 6.61 Å². The van der Waals surface area contributed by atoms with Crippen molar-refractivity contribution in [3.05, 3.63) is 65.7 Å². The summed E-state index contributed by atoms with van der Waals surface area (Å²) in [5.41, 5.74) is 1.92. The molecule has 0 saturated heterocycles. The highest BCUT2D eigenvalue weighted by Crippen LogP contribution is 2.35. The van der Waals surface area contributed by atoms with Crippen LogP contribution < -0.4 is 0 Å². The topological polar surface area (TPSA) is 76.0 Å². The van der Waals surface area contributed by atoms with Gasteiger partial charge in [-0.3, -0.25) is 0 Å². The number of sulfonamides is 1. The van der Waals surface area contributed by atoms with Crippen molar-refractivity contribution in [2.45, 2.75) is 37.6 Å². The van der Waals surface area contributed by atoms with E-state index in [2.05, 4.69) is 5.10 Å². The van der Waals surface area contributed by atoms with Crippen molar-refractivity contribution < 1.29 is 17.9 Å². The third-order valence-corrected chi connectivity index (χ3v) is 6.10. The Bertz CT molecular complexity index is 938. The largest absolute Gasteiger partial charge is 0.461 e. The molecule has 0 bridgehead atoms. The minimum Gasteiger partial charge on any atom is -0.461 e. The fourth-order valence-electron chi connectivity index (χ4n) is 2.99. The lowest BCUT2D eigenvalue weighted by Crippen LogP contribution is -2.37. The molecule has 27 heavy (non-hydrogen) atoms. The standard InChI is InChI=1S/C20H22N2O4S/c1-3-26-20(23)18-13-14-19(16-7-5-4-6-8-16)22(21-18)27(24,25)17-11-9-15(2)10-12-17/h4-12,19H,3,13-14H2,1-2H3. The van der Waals surface area contributed by atoms with E-state index in [0.717, 1.165) is 15.5 Å². The number of hydrazone groups is 1. The Morgan fingerprint density at radius 3 is 2.44 bits per heavy atom. The molecule has 1 aliphatic rings. The van der Waals surface area contributed by atoms with Gasteiger partial charge in [0.1, 0.15) is 5.71 Å². The van der Waals surface area contributed by atoms with Crippen LogP contribution in [0.5, 0.6) is 0 Å². The number of carbonyl (C=O) groups is 1. The van der Waals surface area contributed by atoms with Gasteiger partial charge in [0.05, 0.1) is 17.5 Å². The molecule has 1 heterocycles. The zero-order valence-electron chi connectivity index (χ0n) is 15.3. The van der Waals surface area contributed by atoms with Gasteiger partial charge in [-0.15, -0.1) is 0 Å². The third-order valence-electron chi connectivity index (χ3n) is 4.40. The second-order valence-electron chi connectivity index (χ2n) is 6.32. The Hall–Kier alpha value is -2.67. The maximum atomic E-state index is 13.3. The fourth-order valence-corrected chi connectivity index (χ4v) is 4.45. The predicted molar refractivity (Wildman–Crippen MR) is 103 cm³/mol. The highest BCUT2D eigenvalue weighted by atomic mass is 32.2. The molecule has 1 atom stereocenters. The summed E-state index contributed by atoms with van der Waals surface area (Å²) in [6.07, 6.45) is 0.811. The fraction of sp³-hybridized carbons (Fsp3) is 0.300. The van der Waals surface area contributed by atoms with Gasteiger partial charge in [0.2, 0.25) is 0 Å². The summed E-state index contributed by atoms with van der Waals surface area (Å²) in [7, 11) is -3.92. The average molecular weight is 386 g/mol. The molecule has 2 aromatic carbocycles. The van der Waals surface area contributed by atoms with Gasteiger partial charge >= 0.3 is 5.97 Å². The molecule has 0 radical (unpaired) electrons. The molecule has 6 nitrogen and oxygen atoms in total. The van der Waals surface area contributed by atoms with Crippen molar-refractivity contribution in [3.63, 3.8) is 0 Å². The summed E-state index contributed by atoms with van der Waals surface area (Å²) in [4.78, 5) is 12.3. The van der Waals surface area contributed by atoms with Crippen LogP contribution >= 0.6 is 0 Å². The number of nitrogens with zero attached hydrogens (tertiary/aromatic N) is 2. The van der Waals surface area contributed by atoms with Crippen molar-refractivity contribution >= 4 is 21.7 Å². The van der Waals surface area contributed by atoms with Crippen LogP contribution in [0.4, 0.5) is 0 Å². The van der Waals surface area contributed by atoms with Gasteiger partial charge in [-0.25, -0.2) is 4.79 Å². The van der Waals surface area contributed by atoms with Crippen LogP contribution in [0.3, 0.4) is 0 Å².